The molecule has 4 unspecified atom stereocenters. The van der Waals surface area contributed by atoms with E-state index in [2.05, 4.69) is 43.4 Å². The first-order valence-corrected chi connectivity index (χ1v) is 9.08. The van der Waals surface area contributed by atoms with Crippen molar-refractivity contribution >= 4 is 0 Å². The molecule has 2 fully saturated rings. The summed E-state index contributed by atoms with van der Waals surface area (Å²) in [5, 5.41) is 3.79. The number of hydrogen-bond acceptors (Lipinski definition) is 1. The van der Waals surface area contributed by atoms with E-state index in [1.54, 1.807) is 0 Å². The van der Waals surface area contributed by atoms with Crippen LogP contribution in [0.4, 0.5) is 0 Å². The zero-order valence-electron chi connectivity index (χ0n) is 13.8. The summed E-state index contributed by atoms with van der Waals surface area (Å²) in [7, 11) is 0. The topological polar surface area (TPSA) is 12.0 Å². The van der Waals surface area contributed by atoms with Gasteiger partial charge < -0.3 is 5.32 Å². The van der Waals surface area contributed by atoms with Crippen LogP contribution in [-0.4, -0.2) is 6.54 Å². The van der Waals surface area contributed by atoms with Crippen LogP contribution in [0.2, 0.25) is 0 Å². The van der Waals surface area contributed by atoms with E-state index in [9.17, 15) is 0 Å². The number of aryl methyl sites for hydroxylation is 1. The second kappa shape index (κ2) is 6.96. The number of unbranched alkanes of at least 4 members (excludes halogenated alkanes) is 1. The molecule has 0 aliphatic heterocycles. The van der Waals surface area contributed by atoms with E-state index in [-0.39, 0.29) is 0 Å². The molecule has 1 heteroatoms. The summed E-state index contributed by atoms with van der Waals surface area (Å²) < 4.78 is 0. The fourth-order valence-corrected chi connectivity index (χ4v) is 4.43. The summed E-state index contributed by atoms with van der Waals surface area (Å²) in [5.41, 5.74) is 2.93. The molecule has 1 nitrogen and oxygen atoms in total. The summed E-state index contributed by atoms with van der Waals surface area (Å²) in [6.07, 6.45) is 9.82. The molecule has 2 bridgehead atoms. The van der Waals surface area contributed by atoms with Gasteiger partial charge in [0.05, 0.1) is 0 Å². The fraction of sp³-hybridized carbons (Fsp3) is 0.700. The van der Waals surface area contributed by atoms with Gasteiger partial charge in [-0.15, -0.1) is 0 Å². The van der Waals surface area contributed by atoms with Crippen LogP contribution in [0.3, 0.4) is 0 Å². The second-order valence-electron chi connectivity index (χ2n) is 7.41. The van der Waals surface area contributed by atoms with Crippen LogP contribution in [0.1, 0.15) is 69.5 Å². The Kier molecular flexibility index (Phi) is 5.00. The minimum Gasteiger partial charge on any atom is -0.310 e. The van der Waals surface area contributed by atoms with Gasteiger partial charge in [-0.3, -0.25) is 0 Å². The van der Waals surface area contributed by atoms with Crippen molar-refractivity contribution in [2.45, 2.75) is 64.8 Å². The molecule has 0 amide bonds. The summed E-state index contributed by atoms with van der Waals surface area (Å²) in [5.74, 6) is 3.05. The Balaban J connectivity index is 1.47. The van der Waals surface area contributed by atoms with Gasteiger partial charge in [0.25, 0.3) is 0 Å². The molecule has 0 spiro atoms. The standard InChI is InChI=1S/C20H31N/c1-3-4-5-16-6-9-18(10-7-16)15(2)21-14-20-13-17-8-11-19(20)12-17/h6-7,9-10,15,17,19-21H,3-5,8,11-14H2,1-2H3. The Morgan fingerprint density at radius 2 is 1.95 bits per heavy atom. The Morgan fingerprint density at radius 3 is 2.57 bits per heavy atom. The highest BCUT2D eigenvalue weighted by Gasteiger charge is 2.39. The zero-order chi connectivity index (χ0) is 14.7. The summed E-state index contributed by atoms with van der Waals surface area (Å²) in [4.78, 5) is 0. The molecular formula is C20H31N. The first-order chi connectivity index (χ1) is 10.3. The molecule has 116 valence electrons. The van der Waals surface area contributed by atoms with Gasteiger partial charge in [-0.05, 0) is 74.5 Å². The van der Waals surface area contributed by atoms with E-state index in [1.807, 2.05) is 0 Å². The predicted molar refractivity (Wildman–Crippen MR) is 90.4 cm³/mol. The van der Waals surface area contributed by atoms with E-state index >= 15 is 0 Å². The summed E-state index contributed by atoms with van der Waals surface area (Å²) in [6.45, 7) is 5.80. The number of hydrogen-bond donors (Lipinski definition) is 1. The average Bonchev–Trinajstić information content (AvgIpc) is 3.14. The molecule has 3 rings (SSSR count). The van der Waals surface area contributed by atoms with Crippen molar-refractivity contribution in [3.63, 3.8) is 0 Å². The predicted octanol–water partition coefficient (Wildman–Crippen LogP) is 5.12. The summed E-state index contributed by atoms with van der Waals surface area (Å²) in [6, 6.07) is 9.78. The monoisotopic (exact) mass is 285 g/mol. The van der Waals surface area contributed by atoms with Crippen LogP contribution >= 0.6 is 0 Å². The molecule has 21 heavy (non-hydrogen) atoms. The summed E-state index contributed by atoms with van der Waals surface area (Å²) >= 11 is 0. The minimum absolute atomic E-state index is 0.490. The van der Waals surface area contributed by atoms with Gasteiger partial charge in [-0.25, -0.2) is 0 Å². The highest BCUT2D eigenvalue weighted by molar-refractivity contribution is 5.24. The lowest BCUT2D eigenvalue weighted by atomic mass is 9.88. The molecule has 1 aromatic carbocycles. The third kappa shape index (κ3) is 3.69. The van der Waals surface area contributed by atoms with E-state index in [4.69, 9.17) is 0 Å². The maximum Gasteiger partial charge on any atom is 0.0291 e. The van der Waals surface area contributed by atoms with Crippen molar-refractivity contribution in [1.82, 2.24) is 5.32 Å². The maximum absolute atomic E-state index is 3.79. The Hall–Kier alpha value is -0.820. The normalized spacial score (nSPS) is 29.0. The van der Waals surface area contributed by atoms with Gasteiger partial charge in [0.15, 0.2) is 0 Å². The van der Waals surface area contributed by atoms with Gasteiger partial charge in [-0.2, -0.15) is 0 Å². The SMILES string of the molecule is CCCCc1ccc(C(C)NCC2CC3CCC2C3)cc1. The molecule has 0 saturated heterocycles. The van der Waals surface area contributed by atoms with E-state index in [0.29, 0.717) is 6.04 Å². The third-order valence-corrected chi connectivity index (χ3v) is 5.87. The molecule has 0 radical (unpaired) electrons. The molecule has 2 aliphatic carbocycles. The molecule has 0 aromatic heterocycles. The first kappa shape index (κ1) is 15.1. The Bertz CT molecular complexity index is 436. The van der Waals surface area contributed by atoms with Crippen LogP contribution in [-0.2, 0) is 6.42 Å². The fourth-order valence-electron chi connectivity index (χ4n) is 4.43. The number of fused-ring (bicyclic) bond motifs is 2. The Morgan fingerprint density at radius 1 is 1.14 bits per heavy atom. The molecular weight excluding hydrogens is 254 g/mol. The van der Waals surface area contributed by atoms with Crippen molar-refractivity contribution < 1.29 is 0 Å². The maximum atomic E-state index is 3.79. The molecule has 1 N–H and O–H groups in total. The van der Waals surface area contributed by atoms with E-state index < -0.39 is 0 Å². The van der Waals surface area contributed by atoms with Crippen LogP contribution < -0.4 is 5.32 Å². The number of benzene rings is 1. The van der Waals surface area contributed by atoms with E-state index in [0.717, 1.165) is 17.8 Å². The van der Waals surface area contributed by atoms with Gasteiger partial charge in [-0.1, -0.05) is 44.0 Å². The average molecular weight is 285 g/mol. The number of nitrogens with one attached hydrogen (secondary N) is 1. The minimum atomic E-state index is 0.490. The highest BCUT2D eigenvalue weighted by atomic mass is 14.9. The van der Waals surface area contributed by atoms with Gasteiger partial charge in [0.2, 0.25) is 0 Å². The van der Waals surface area contributed by atoms with Crippen molar-refractivity contribution in [2.24, 2.45) is 17.8 Å². The molecule has 0 heterocycles. The Labute approximate surface area is 130 Å². The number of rotatable bonds is 7. The van der Waals surface area contributed by atoms with Gasteiger partial charge >= 0.3 is 0 Å². The van der Waals surface area contributed by atoms with Crippen molar-refractivity contribution in [1.29, 1.82) is 0 Å². The van der Waals surface area contributed by atoms with Crippen LogP contribution in [0.15, 0.2) is 24.3 Å². The lowest BCUT2D eigenvalue weighted by Gasteiger charge is -2.24. The van der Waals surface area contributed by atoms with Gasteiger partial charge in [0, 0.05) is 6.04 Å². The van der Waals surface area contributed by atoms with Crippen LogP contribution in [0, 0.1) is 17.8 Å². The lowest BCUT2D eigenvalue weighted by Crippen LogP contribution is -2.28. The second-order valence-corrected chi connectivity index (χ2v) is 7.41. The first-order valence-electron chi connectivity index (χ1n) is 9.08. The molecule has 2 saturated carbocycles. The smallest absolute Gasteiger partial charge is 0.0291 e. The molecule has 4 atom stereocenters. The van der Waals surface area contributed by atoms with Crippen molar-refractivity contribution in [2.75, 3.05) is 6.54 Å². The van der Waals surface area contributed by atoms with Gasteiger partial charge in [0.1, 0.15) is 0 Å². The zero-order valence-corrected chi connectivity index (χ0v) is 13.8. The third-order valence-electron chi connectivity index (χ3n) is 5.87. The lowest BCUT2D eigenvalue weighted by molar-refractivity contribution is 0.309. The van der Waals surface area contributed by atoms with Crippen LogP contribution in [0.25, 0.3) is 0 Å². The van der Waals surface area contributed by atoms with E-state index in [1.165, 1.54) is 62.6 Å². The highest BCUT2D eigenvalue weighted by Crippen LogP contribution is 2.48. The van der Waals surface area contributed by atoms with Crippen molar-refractivity contribution in [3.05, 3.63) is 35.4 Å². The van der Waals surface area contributed by atoms with Crippen LogP contribution in [0.5, 0.6) is 0 Å². The molecule has 1 aromatic rings. The molecule has 2 aliphatic rings. The van der Waals surface area contributed by atoms with Crippen molar-refractivity contribution in [3.8, 4) is 0 Å². The largest absolute Gasteiger partial charge is 0.310 e. The quantitative estimate of drug-likeness (QED) is 0.733.